The fourth-order valence-electron chi connectivity index (χ4n) is 4.30. The van der Waals surface area contributed by atoms with Crippen LogP contribution >= 0.6 is 0 Å². The smallest absolute Gasteiger partial charge is 0.275 e. The monoisotopic (exact) mass is 425 g/mol. The van der Waals surface area contributed by atoms with Gasteiger partial charge >= 0.3 is 0 Å². The summed E-state index contributed by atoms with van der Waals surface area (Å²) >= 11 is 0. The number of hydrogen-bond acceptors (Lipinski definition) is 2. The summed E-state index contributed by atoms with van der Waals surface area (Å²) in [4.78, 5) is 30.4. The molecule has 0 aliphatic rings. The number of para-hydroxylation sites is 2. The maximum absolute atomic E-state index is 13.6. The van der Waals surface area contributed by atoms with E-state index in [4.69, 9.17) is 0 Å². The molecule has 0 fully saturated rings. The summed E-state index contributed by atoms with van der Waals surface area (Å²) in [6.45, 7) is 3.73. The van der Waals surface area contributed by atoms with Crippen molar-refractivity contribution in [1.29, 1.82) is 0 Å². The third-order valence-electron chi connectivity index (χ3n) is 5.77. The van der Waals surface area contributed by atoms with E-state index in [2.05, 4.69) is 15.2 Å². The molecule has 0 atom stereocenters. The van der Waals surface area contributed by atoms with Gasteiger partial charge in [0.2, 0.25) is 0 Å². The highest BCUT2D eigenvalue weighted by atomic mass is 16.1. The quantitative estimate of drug-likeness (QED) is 0.400. The minimum atomic E-state index is -0.549. The highest BCUT2D eigenvalue weighted by Gasteiger charge is 2.31. The van der Waals surface area contributed by atoms with Crippen molar-refractivity contribution in [2.45, 2.75) is 19.8 Å². The molecule has 3 heterocycles. The lowest BCUT2D eigenvalue weighted by molar-refractivity contribution is 0.828. The fraction of sp³-hybridized carbons (Fsp3) is 0.120. The third-order valence-corrected chi connectivity index (χ3v) is 5.77. The summed E-state index contributed by atoms with van der Waals surface area (Å²) in [6.07, 6.45) is 1.80. The van der Waals surface area contributed by atoms with Gasteiger partial charge in [0.25, 0.3) is 11.1 Å². The summed E-state index contributed by atoms with van der Waals surface area (Å²) in [5.74, 6) is -0.549. The summed E-state index contributed by atoms with van der Waals surface area (Å²) in [7, 11) is 0. The van der Waals surface area contributed by atoms with Gasteiger partial charge in [-0.1, -0.05) is 36.4 Å². The number of aromatic nitrogens is 5. The first kappa shape index (κ1) is 19.7. The van der Waals surface area contributed by atoms with Crippen LogP contribution < -0.4 is 11.1 Å². The SMILES string of the molecule is Cc1[nH]n(-c2ccccc2)c(=O)c1C(c1ccc[nH]1)c1c(C)[nH]n(-c2ccccc2)c1=O. The van der Waals surface area contributed by atoms with Gasteiger partial charge in [0.15, 0.2) is 0 Å². The van der Waals surface area contributed by atoms with Gasteiger partial charge in [0, 0.05) is 23.3 Å². The molecule has 0 saturated carbocycles. The molecule has 5 aromatic rings. The van der Waals surface area contributed by atoms with Gasteiger partial charge in [-0.15, -0.1) is 0 Å². The Bertz CT molecular complexity index is 1370. The lowest BCUT2D eigenvalue weighted by Crippen LogP contribution is -2.25. The second kappa shape index (κ2) is 7.77. The molecule has 0 unspecified atom stereocenters. The molecule has 0 bridgehead atoms. The first-order valence-electron chi connectivity index (χ1n) is 10.4. The molecule has 0 amide bonds. The standard InChI is InChI=1S/C25H23N5O2/c1-16-21(24(31)29(27-16)18-10-5-3-6-11-18)23(20-14-9-15-26-20)22-17(2)28-30(25(22)32)19-12-7-4-8-13-19/h3-15,23,26-28H,1-2H3. The van der Waals surface area contributed by atoms with Gasteiger partial charge in [-0.2, -0.15) is 0 Å². The summed E-state index contributed by atoms with van der Waals surface area (Å²) in [5, 5.41) is 6.38. The lowest BCUT2D eigenvalue weighted by atomic mass is 9.89. The molecule has 32 heavy (non-hydrogen) atoms. The average Bonchev–Trinajstić information content (AvgIpc) is 3.52. The Labute approximate surface area is 184 Å². The van der Waals surface area contributed by atoms with Crippen LogP contribution in [0.3, 0.4) is 0 Å². The van der Waals surface area contributed by atoms with Crippen molar-refractivity contribution in [3.05, 3.63) is 128 Å². The number of rotatable bonds is 5. The van der Waals surface area contributed by atoms with E-state index >= 15 is 0 Å². The Morgan fingerprint density at radius 1 is 0.656 bits per heavy atom. The molecule has 3 N–H and O–H groups in total. The molecule has 160 valence electrons. The van der Waals surface area contributed by atoms with Crippen molar-refractivity contribution < 1.29 is 0 Å². The first-order valence-corrected chi connectivity index (χ1v) is 10.4. The van der Waals surface area contributed by atoms with Crippen molar-refractivity contribution in [3.8, 4) is 11.4 Å². The first-order chi connectivity index (χ1) is 15.6. The molecule has 7 nitrogen and oxygen atoms in total. The van der Waals surface area contributed by atoms with E-state index in [9.17, 15) is 9.59 Å². The molecule has 3 aromatic heterocycles. The van der Waals surface area contributed by atoms with Crippen molar-refractivity contribution in [2.75, 3.05) is 0 Å². The summed E-state index contributed by atoms with van der Waals surface area (Å²) in [6, 6.07) is 22.6. The third kappa shape index (κ3) is 3.15. The zero-order chi connectivity index (χ0) is 22.2. The molecule has 0 saturated heterocycles. The lowest BCUT2D eigenvalue weighted by Gasteiger charge is -2.13. The molecule has 0 aliphatic heterocycles. The number of H-pyrrole nitrogens is 3. The summed E-state index contributed by atoms with van der Waals surface area (Å²) in [5.41, 5.74) is 4.40. The van der Waals surface area contributed by atoms with Crippen LogP contribution in [0.4, 0.5) is 0 Å². The van der Waals surface area contributed by atoms with Crippen LogP contribution in [0.1, 0.15) is 34.1 Å². The largest absolute Gasteiger partial charge is 0.364 e. The van der Waals surface area contributed by atoms with Crippen LogP contribution in [0.15, 0.2) is 88.6 Å². The van der Waals surface area contributed by atoms with Gasteiger partial charge in [0.05, 0.1) is 28.4 Å². The number of nitrogens with one attached hydrogen (secondary N) is 3. The van der Waals surface area contributed by atoms with Crippen molar-refractivity contribution in [2.24, 2.45) is 0 Å². The number of aromatic amines is 3. The molecular weight excluding hydrogens is 402 g/mol. The molecule has 0 radical (unpaired) electrons. The van der Waals surface area contributed by atoms with Crippen LogP contribution in [0.2, 0.25) is 0 Å². The average molecular weight is 425 g/mol. The minimum Gasteiger partial charge on any atom is -0.364 e. The van der Waals surface area contributed by atoms with E-state index in [1.807, 2.05) is 86.6 Å². The maximum atomic E-state index is 13.6. The molecule has 5 rings (SSSR count). The van der Waals surface area contributed by atoms with Gasteiger partial charge in [-0.25, -0.2) is 9.36 Å². The van der Waals surface area contributed by atoms with Crippen molar-refractivity contribution in [3.63, 3.8) is 0 Å². The number of aryl methyl sites for hydroxylation is 2. The van der Waals surface area contributed by atoms with Crippen LogP contribution in [0.5, 0.6) is 0 Å². The number of hydrogen-bond donors (Lipinski definition) is 3. The Balaban J connectivity index is 1.75. The highest BCUT2D eigenvalue weighted by Crippen LogP contribution is 2.31. The second-order valence-corrected chi connectivity index (χ2v) is 7.81. The predicted octanol–water partition coefficient (Wildman–Crippen LogP) is 3.77. The highest BCUT2D eigenvalue weighted by molar-refractivity contribution is 5.45. The van der Waals surface area contributed by atoms with E-state index < -0.39 is 5.92 Å². The van der Waals surface area contributed by atoms with Crippen LogP contribution in [-0.2, 0) is 0 Å². The Kier molecular flexibility index (Phi) is 4.78. The second-order valence-electron chi connectivity index (χ2n) is 7.81. The normalized spacial score (nSPS) is 11.3. The number of nitrogens with zero attached hydrogens (tertiary/aromatic N) is 2. The number of benzene rings is 2. The molecule has 0 aliphatic carbocycles. The Morgan fingerprint density at radius 3 is 1.53 bits per heavy atom. The summed E-state index contributed by atoms with van der Waals surface area (Å²) < 4.78 is 3.05. The zero-order valence-electron chi connectivity index (χ0n) is 17.8. The van der Waals surface area contributed by atoms with E-state index in [0.29, 0.717) is 22.5 Å². The fourth-order valence-corrected chi connectivity index (χ4v) is 4.30. The maximum Gasteiger partial charge on any atom is 0.275 e. The van der Waals surface area contributed by atoms with E-state index in [1.165, 1.54) is 9.36 Å². The van der Waals surface area contributed by atoms with Crippen LogP contribution in [0, 0.1) is 13.8 Å². The molecule has 7 heteroatoms. The van der Waals surface area contributed by atoms with Crippen LogP contribution in [-0.4, -0.2) is 24.5 Å². The molecule has 2 aromatic carbocycles. The predicted molar refractivity (Wildman–Crippen MR) is 124 cm³/mol. The molecule has 0 spiro atoms. The van der Waals surface area contributed by atoms with E-state index in [1.54, 1.807) is 6.20 Å². The van der Waals surface area contributed by atoms with E-state index in [-0.39, 0.29) is 11.1 Å². The minimum absolute atomic E-state index is 0.181. The van der Waals surface area contributed by atoms with Crippen molar-refractivity contribution >= 4 is 0 Å². The Morgan fingerprint density at radius 2 is 1.12 bits per heavy atom. The Hall–Kier alpha value is -4.26. The van der Waals surface area contributed by atoms with Gasteiger partial charge in [-0.3, -0.25) is 19.8 Å². The van der Waals surface area contributed by atoms with Gasteiger partial charge in [0.1, 0.15) is 0 Å². The van der Waals surface area contributed by atoms with Crippen molar-refractivity contribution in [1.82, 2.24) is 24.5 Å². The zero-order valence-corrected chi connectivity index (χ0v) is 17.8. The molecular formula is C25H23N5O2. The van der Waals surface area contributed by atoms with Gasteiger partial charge < -0.3 is 4.98 Å². The van der Waals surface area contributed by atoms with Gasteiger partial charge in [-0.05, 0) is 50.2 Å². The van der Waals surface area contributed by atoms with Crippen LogP contribution in [0.25, 0.3) is 11.4 Å². The van der Waals surface area contributed by atoms with E-state index in [0.717, 1.165) is 17.1 Å². The topological polar surface area (TPSA) is 91.4 Å².